The molecule has 0 heterocycles. The van der Waals surface area contributed by atoms with Crippen LogP contribution in [0.4, 0.5) is 0 Å². The van der Waals surface area contributed by atoms with E-state index >= 15 is 0 Å². The van der Waals surface area contributed by atoms with E-state index in [4.69, 9.17) is 21.7 Å². The number of esters is 1. The molecule has 0 aromatic rings. The van der Waals surface area contributed by atoms with Crippen LogP contribution in [-0.2, 0) is 14.3 Å². The van der Waals surface area contributed by atoms with Crippen LogP contribution in [0.2, 0.25) is 0 Å². The lowest BCUT2D eigenvalue weighted by atomic mass is 10.2. The lowest BCUT2D eigenvalue weighted by molar-refractivity contribution is -0.156. The molecule has 0 rings (SSSR count). The zero-order valence-electron chi connectivity index (χ0n) is 8.58. The lowest BCUT2D eigenvalue weighted by Gasteiger charge is -2.20. The number of carbonyl (C=O) groups excluding carboxylic acids is 1. The third kappa shape index (κ3) is 4.24. The summed E-state index contributed by atoms with van der Waals surface area (Å²) < 4.78 is 4.67. The van der Waals surface area contributed by atoms with Gasteiger partial charge in [-0.25, -0.2) is 0 Å². The molecule has 0 aliphatic carbocycles. The van der Waals surface area contributed by atoms with Gasteiger partial charge in [0, 0.05) is 0 Å². The standard InChI is InChI=1S/C8H16N2O5/c1-3(11)5(9)8(14)15-4(2)6(10)7(12)13/h3-6,11H,9-10H2,1-2H3,(H,12,13)/t3-,4+,5-,6-/m0/s1. The van der Waals surface area contributed by atoms with E-state index in [9.17, 15) is 9.59 Å². The summed E-state index contributed by atoms with van der Waals surface area (Å²) in [6.07, 6.45) is -2.06. The van der Waals surface area contributed by atoms with Crippen LogP contribution < -0.4 is 11.5 Å². The van der Waals surface area contributed by atoms with Crippen LogP contribution in [0, 0.1) is 0 Å². The minimum absolute atomic E-state index is 0.880. The van der Waals surface area contributed by atoms with Crippen molar-refractivity contribution in [1.82, 2.24) is 0 Å². The fourth-order valence-electron chi connectivity index (χ4n) is 0.733. The van der Waals surface area contributed by atoms with Gasteiger partial charge in [-0.1, -0.05) is 0 Å². The van der Waals surface area contributed by atoms with Crippen molar-refractivity contribution in [3.8, 4) is 0 Å². The number of carboxylic acids is 1. The van der Waals surface area contributed by atoms with Crippen molar-refractivity contribution in [3.05, 3.63) is 0 Å². The number of aliphatic carboxylic acids is 1. The van der Waals surface area contributed by atoms with E-state index in [-0.39, 0.29) is 0 Å². The van der Waals surface area contributed by atoms with E-state index in [2.05, 4.69) is 4.74 Å². The quantitative estimate of drug-likeness (QED) is 0.395. The Hall–Kier alpha value is -1.18. The zero-order valence-corrected chi connectivity index (χ0v) is 8.58. The molecule has 0 aromatic carbocycles. The molecule has 0 aliphatic rings. The Labute approximate surface area is 87.0 Å². The Morgan fingerprint density at radius 1 is 1.20 bits per heavy atom. The highest BCUT2D eigenvalue weighted by molar-refractivity contribution is 5.78. The van der Waals surface area contributed by atoms with E-state index in [0.29, 0.717) is 0 Å². The van der Waals surface area contributed by atoms with Gasteiger partial charge in [0.05, 0.1) is 6.10 Å². The van der Waals surface area contributed by atoms with Crippen LogP contribution in [0.15, 0.2) is 0 Å². The van der Waals surface area contributed by atoms with Crippen molar-refractivity contribution in [2.24, 2.45) is 11.5 Å². The first-order chi connectivity index (χ1) is 6.77. The van der Waals surface area contributed by atoms with Gasteiger partial charge in [0.25, 0.3) is 0 Å². The number of ether oxygens (including phenoxy) is 1. The summed E-state index contributed by atoms with van der Waals surface area (Å²) in [4.78, 5) is 21.6. The van der Waals surface area contributed by atoms with Crippen molar-refractivity contribution in [1.29, 1.82) is 0 Å². The second-order valence-corrected chi connectivity index (χ2v) is 3.27. The van der Waals surface area contributed by atoms with Crippen molar-refractivity contribution in [2.75, 3.05) is 0 Å². The van der Waals surface area contributed by atoms with Gasteiger partial charge in [-0.15, -0.1) is 0 Å². The maximum atomic E-state index is 11.2. The zero-order chi connectivity index (χ0) is 12.2. The molecule has 4 atom stereocenters. The molecule has 0 spiro atoms. The Morgan fingerprint density at radius 2 is 1.67 bits per heavy atom. The highest BCUT2D eigenvalue weighted by Crippen LogP contribution is 2.01. The van der Waals surface area contributed by atoms with E-state index in [1.165, 1.54) is 13.8 Å². The summed E-state index contributed by atoms with van der Waals surface area (Å²) in [6, 6.07) is -2.51. The normalized spacial score (nSPS) is 18.7. The molecule has 0 bridgehead atoms. The largest absolute Gasteiger partial charge is 0.480 e. The summed E-state index contributed by atoms with van der Waals surface area (Å²) in [7, 11) is 0. The first-order valence-electron chi connectivity index (χ1n) is 4.40. The summed E-state index contributed by atoms with van der Waals surface area (Å²) in [5, 5.41) is 17.5. The number of aliphatic hydroxyl groups excluding tert-OH is 1. The number of rotatable bonds is 5. The number of carboxylic acid groups (broad SMARTS) is 1. The average molecular weight is 220 g/mol. The van der Waals surface area contributed by atoms with Crippen molar-refractivity contribution in [2.45, 2.75) is 38.1 Å². The predicted octanol–water partition coefficient (Wildman–Crippen LogP) is -1.96. The molecule has 15 heavy (non-hydrogen) atoms. The predicted molar refractivity (Wildman–Crippen MR) is 50.8 cm³/mol. The minimum Gasteiger partial charge on any atom is -0.480 e. The summed E-state index contributed by atoms with van der Waals surface area (Å²) >= 11 is 0. The van der Waals surface area contributed by atoms with E-state index in [1.54, 1.807) is 0 Å². The monoisotopic (exact) mass is 220 g/mol. The SMILES string of the molecule is C[C@H](O)[C@H](N)C(=O)O[C@H](C)[C@H](N)C(=O)O. The Balaban J connectivity index is 4.24. The number of aliphatic hydroxyl groups is 1. The van der Waals surface area contributed by atoms with E-state index in [1.807, 2.05) is 0 Å². The van der Waals surface area contributed by atoms with Crippen molar-refractivity contribution >= 4 is 11.9 Å². The van der Waals surface area contributed by atoms with Crippen LogP contribution in [0.3, 0.4) is 0 Å². The van der Waals surface area contributed by atoms with Crippen LogP contribution in [-0.4, -0.2) is 46.4 Å². The average Bonchev–Trinajstić information content (AvgIpc) is 2.14. The number of nitrogens with two attached hydrogens (primary N) is 2. The van der Waals surface area contributed by atoms with E-state index in [0.717, 1.165) is 0 Å². The first kappa shape index (κ1) is 13.8. The van der Waals surface area contributed by atoms with Gasteiger partial charge in [-0.2, -0.15) is 0 Å². The molecule has 88 valence electrons. The molecule has 7 nitrogen and oxygen atoms in total. The molecule has 7 heteroatoms. The van der Waals surface area contributed by atoms with Gasteiger partial charge in [-0.05, 0) is 13.8 Å². The van der Waals surface area contributed by atoms with Crippen LogP contribution in [0.1, 0.15) is 13.8 Å². The molecule has 0 amide bonds. The lowest BCUT2D eigenvalue weighted by Crippen LogP contribution is -2.47. The van der Waals surface area contributed by atoms with Gasteiger partial charge in [-0.3, -0.25) is 9.59 Å². The number of hydrogen-bond donors (Lipinski definition) is 4. The Bertz CT molecular complexity index is 243. The minimum atomic E-state index is -1.31. The van der Waals surface area contributed by atoms with Crippen molar-refractivity contribution in [3.63, 3.8) is 0 Å². The smallest absolute Gasteiger partial charge is 0.325 e. The van der Waals surface area contributed by atoms with Crippen LogP contribution in [0.25, 0.3) is 0 Å². The molecule has 0 fully saturated rings. The second kappa shape index (κ2) is 5.64. The molecule has 0 saturated heterocycles. The number of hydrogen-bond acceptors (Lipinski definition) is 6. The molecular weight excluding hydrogens is 204 g/mol. The summed E-state index contributed by atoms with van der Waals surface area (Å²) in [5.41, 5.74) is 10.5. The molecule has 0 unspecified atom stereocenters. The molecule has 0 aromatic heterocycles. The Kier molecular flexibility index (Phi) is 5.20. The molecular formula is C8H16N2O5. The highest BCUT2D eigenvalue weighted by atomic mass is 16.5. The van der Waals surface area contributed by atoms with Crippen LogP contribution in [0.5, 0.6) is 0 Å². The molecule has 0 aliphatic heterocycles. The second-order valence-electron chi connectivity index (χ2n) is 3.27. The molecule has 0 radical (unpaired) electrons. The number of carbonyl (C=O) groups is 2. The molecule has 6 N–H and O–H groups in total. The topological polar surface area (TPSA) is 136 Å². The van der Waals surface area contributed by atoms with Crippen LogP contribution >= 0.6 is 0 Å². The highest BCUT2D eigenvalue weighted by Gasteiger charge is 2.27. The fourth-order valence-corrected chi connectivity index (χ4v) is 0.733. The molecule has 0 saturated carbocycles. The van der Waals surface area contributed by atoms with Gasteiger partial charge < -0.3 is 26.4 Å². The third-order valence-electron chi connectivity index (χ3n) is 1.88. The summed E-state index contributed by atoms with van der Waals surface area (Å²) in [5.74, 6) is -2.16. The van der Waals surface area contributed by atoms with Crippen molar-refractivity contribution < 1.29 is 24.5 Å². The third-order valence-corrected chi connectivity index (χ3v) is 1.88. The Morgan fingerprint density at radius 3 is 2.00 bits per heavy atom. The van der Waals surface area contributed by atoms with E-state index < -0.39 is 36.2 Å². The maximum absolute atomic E-state index is 11.2. The summed E-state index contributed by atoms with van der Waals surface area (Å²) in [6.45, 7) is 2.67. The fraction of sp³-hybridized carbons (Fsp3) is 0.750. The van der Waals surface area contributed by atoms with Gasteiger partial charge in [0.1, 0.15) is 18.2 Å². The van der Waals surface area contributed by atoms with Gasteiger partial charge in [0.15, 0.2) is 0 Å². The van der Waals surface area contributed by atoms with Gasteiger partial charge >= 0.3 is 11.9 Å². The van der Waals surface area contributed by atoms with Gasteiger partial charge in [0.2, 0.25) is 0 Å². The maximum Gasteiger partial charge on any atom is 0.325 e. The first-order valence-corrected chi connectivity index (χ1v) is 4.40.